The Kier molecular flexibility index (Phi) is 3.08. The predicted octanol–water partition coefficient (Wildman–Crippen LogP) is 3.38. The van der Waals surface area contributed by atoms with Gasteiger partial charge in [0.1, 0.15) is 5.60 Å². The van der Waals surface area contributed by atoms with Gasteiger partial charge >= 0.3 is 6.09 Å². The quantitative estimate of drug-likeness (QED) is 0.735. The number of hydrogen-bond donors (Lipinski definition) is 0. The van der Waals surface area contributed by atoms with Gasteiger partial charge in [-0.3, -0.25) is 4.79 Å². The molecule has 2 amide bonds. The van der Waals surface area contributed by atoms with Crippen molar-refractivity contribution in [3.05, 3.63) is 34.9 Å². The monoisotopic (exact) mass is 287 g/mol. The minimum atomic E-state index is -0.594. The van der Waals surface area contributed by atoms with E-state index >= 15 is 0 Å². The van der Waals surface area contributed by atoms with Crippen molar-refractivity contribution in [1.82, 2.24) is 4.90 Å². The number of likely N-dealkylation sites (tertiary alicyclic amines) is 1. The lowest BCUT2D eigenvalue weighted by atomic mass is 10.0. The van der Waals surface area contributed by atoms with Crippen LogP contribution in [0.4, 0.5) is 4.79 Å². The number of benzene rings is 1. The van der Waals surface area contributed by atoms with Gasteiger partial charge in [-0.1, -0.05) is 23.8 Å². The summed E-state index contributed by atoms with van der Waals surface area (Å²) in [6.45, 7) is 7.48. The van der Waals surface area contributed by atoms with E-state index in [0.29, 0.717) is 6.42 Å². The second-order valence-electron chi connectivity index (χ2n) is 7.06. The molecule has 2 aliphatic rings. The van der Waals surface area contributed by atoms with Crippen LogP contribution in [0.1, 0.15) is 49.9 Å². The fourth-order valence-electron chi connectivity index (χ4n) is 3.36. The third-order valence-corrected chi connectivity index (χ3v) is 4.12. The Morgan fingerprint density at radius 3 is 2.67 bits per heavy atom. The van der Waals surface area contributed by atoms with Crippen molar-refractivity contribution < 1.29 is 14.3 Å². The molecule has 4 heteroatoms. The van der Waals surface area contributed by atoms with Crippen molar-refractivity contribution in [2.24, 2.45) is 5.92 Å². The van der Waals surface area contributed by atoms with E-state index in [9.17, 15) is 9.59 Å². The van der Waals surface area contributed by atoms with E-state index in [0.717, 1.165) is 17.5 Å². The van der Waals surface area contributed by atoms with E-state index in [-0.39, 0.29) is 17.9 Å². The Labute approximate surface area is 125 Å². The molecule has 0 N–H and O–H groups in total. The van der Waals surface area contributed by atoms with Crippen molar-refractivity contribution in [2.45, 2.75) is 52.2 Å². The van der Waals surface area contributed by atoms with Gasteiger partial charge < -0.3 is 4.74 Å². The predicted molar refractivity (Wildman–Crippen MR) is 78.8 cm³/mol. The first-order valence-corrected chi connectivity index (χ1v) is 7.41. The molecule has 1 heterocycles. The highest BCUT2D eigenvalue weighted by Gasteiger charge is 2.49. The van der Waals surface area contributed by atoms with Crippen molar-refractivity contribution in [3.8, 4) is 0 Å². The molecule has 4 nitrogen and oxygen atoms in total. The second-order valence-corrected chi connectivity index (χ2v) is 7.06. The normalized spacial score (nSPS) is 24.0. The highest BCUT2D eigenvalue weighted by molar-refractivity contribution is 5.95. The van der Waals surface area contributed by atoms with Crippen LogP contribution in [0.15, 0.2) is 18.2 Å². The Bertz CT molecular complexity index is 615. The van der Waals surface area contributed by atoms with Crippen molar-refractivity contribution in [1.29, 1.82) is 0 Å². The molecule has 0 saturated carbocycles. The largest absolute Gasteiger partial charge is 0.443 e. The van der Waals surface area contributed by atoms with Crippen molar-refractivity contribution in [2.75, 3.05) is 0 Å². The molecule has 1 aromatic rings. The molecule has 3 rings (SSSR count). The molecular weight excluding hydrogens is 266 g/mol. The first-order valence-electron chi connectivity index (χ1n) is 7.41. The average molecular weight is 287 g/mol. The minimum absolute atomic E-state index is 0.119. The highest BCUT2D eigenvalue weighted by Crippen LogP contribution is 2.47. The summed E-state index contributed by atoms with van der Waals surface area (Å²) in [4.78, 5) is 26.0. The molecule has 1 saturated heterocycles. The topological polar surface area (TPSA) is 46.6 Å². The number of rotatable bonds is 0. The van der Waals surface area contributed by atoms with Gasteiger partial charge in [-0.15, -0.1) is 0 Å². The molecular formula is C17H21NO3. The number of fused-ring (bicyclic) bond motifs is 3. The maximum atomic E-state index is 12.4. The summed E-state index contributed by atoms with van der Waals surface area (Å²) in [5, 5.41) is 0. The number of carbonyl (C=O) groups excluding carboxylic acids is 2. The zero-order valence-electron chi connectivity index (χ0n) is 13.0. The van der Waals surface area contributed by atoms with E-state index in [1.165, 1.54) is 10.5 Å². The molecule has 1 aromatic carbocycles. The van der Waals surface area contributed by atoms with Crippen molar-refractivity contribution in [3.63, 3.8) is 0 Å². The number of ether oxygens (including phenoxy) is 1. The standard InChI is InChI=1S/C17H21NO3/c1-10-5-6-11-8-12-9-14(19)18(15(12)13(11)7-10)16(20)21-17(2,3)4/h5-7,12,15H,8-9H2,1-4H3. The van der Waals surface area contributed by atoms with E-state index in [1.807, 2.05) is 27.7 Å². The van der Waals surface area contributed by atoms with Crippen LogP contribution in [0.3, 0.4) is 0 Å². The number of hydrogen-bond acceptors (Lipinski definition) is 3. The Morgan fingerprint density at radius 1 is 1.29 bits per heavy atom. The maximum absolute atomic E-state index is 12.4. The summed E-state index contributed by atoms with van der Waals surface area (Å²) >= 11 is 0. The van der Waals surface area contributed by atoms with Gasteiger partial charge in [0.05, 0.1) is 6.04 Å². The summed E-state index contributed by atoms with van der Waals surface area (Å²) in [6, 6.07) is 6.14. The average Bonchev–Trinajstić information content (AvgIpc) is 2.81. The molecule has 2 unspecified atom stereocenters. The van der Waals surface area contributed by atoms with Gasteiger partial charge in [-0.05, 0) is 51.2 Å². The van der Waals surface area contributed by atoms with Gasteiger partial charge in [-0.25, -0.2) is 9.69 Å². The maximum Gasteiger partial charge on any atom is 0.417 e. The Morgan fingerprint density at radius 2 is 2.00 bits per heavy atom. The lowest BCUT2D eigenvalue weighted by molar-refractivity contribution is -0.128. The summed E-state index contributed by atoms with van der Waals surface area (Å²) < 4.78 is 5.41. The summed E-state index contributed by atoms with van der Waals surface area (Å²) in [7, 11) is 0. The van der Waals surface area contributed by atoms with Gasteiger partial charge in [0, 0.05) is 6.42 Å². The molecule has 112 valence electrons. The van der Waals surface area contributed by atoms with E-state index in [2.05, 4.69) is 18.2 Å². The summed E-state index contributed by atoms with van der Waals surface area (Å²) in [6.07, 6.45) is 0.775. The first kappa shape index (κ1) is 14.1. The van der Waals surface area contributed by atoms with Crippen LogP contribution in [0.2, 0.25) is 0 Å². The summed E-state index contributed by atoms with van der Waals surface area (Å²) in [5.41, 5.74) is 2.91. The van der Waals surface area contributed by atoms with Crippen LogP contribution >= 0.6 is 0 Å². The molecule has 0 aromatic heterocycles. The molecule has 2 atom stereocenters. The van der Waals surface area contributed by atoms with Crippen LogP contribution in [-0.4, -0.2) is 22.5 Å². The van der Waals surface area contributed by atoms with Crippen molar-refractivity contribution >= 4 is 12.0 Å². The van der Waals surface area contributed by atoms with Gasteiger partial charge in [-0.2, -0.15) is 0 Å². The van der Waals surface area contributed by atoms with Crippen LogP contribution in [0.25, 0.3) is 0 Å². The molecule has 1 fully saturated rings. The van der Waals surface area contributed by atoms with Crippen LogP contribution in [0.5, 0.6) is 0 Å². The smallest absolute Gasteiger partial charge is 0.417 e. The van der Waals surface area contributed by atoms with Crippen LogP contribution in [-0.2, 0) is 16.0 Å². The molecule has 0 bridgehead atoms. The minimum Gasteiger partial charge on any atom is -0.443 e. The van der Waals surface area contributed by atoms with E-state index in [1.54, 1.807) is 0 Å². The number of carbonyl (C=O) groups is 2. The zero-order chi connectivity index (χ0) is 15.4. The molecule has 1 aliphatic heterocycles. The Hall–Kier alpha value is -1.84. The zero-order valence-corrected chi connectivity index (χ0v) is 13.0. The number of amides is 2. The fourth-order valence-corrected chi connectivity index (χ4v) is 3.36. The third kappa shape index (κ3) is 2.43. The molecule has 1 aliphatic carbocycles. The van der Waals surface area contributed by atoms with Crippen LogP contribution < -0.4 is 0 Å². The number of aryl methyl sites for hydroxylation is 1. The second kappa shape index (κ2) is 4.58. The van der Waals surface area contributed by atoms with Gasteiger partial charge in [0.25, 0.3) is 0 Å². The lowest BCUT2D eigenvalue weighted by Gasteiger charge is -2.27. The number of imide groups is 1. The Balaban J connectivity index is 1.94. The first-order chi connectivity index (χ1) is 9.76. The number of nitrogens with zero attached hydrogens (tertiary/aromatic N) is 1. The molecule has 0 radical (unpaired) electrons. The third-order valence-electron chi connectivity index (χ3n) is 4.12. The van der Waals surface area contributed by atoms with E-state index < -0.39 is 11.7 Å². The fraction of sp³-hybridized carbons (Fsp3) is 0.529. The SMILES string of the molecule is Cc1ccc2c(c1)C1C(CC(=O)N1C(=O)OC(C)(C)C)C2. The lowest BCUT2D eigenvalue weighted by Crippen LogP contribution is -2.39. The van der Waals surface area contributed by atoms with E-state index in [4.69, 9.17) is 4.74 Å². The molecule has 0 spiro atoms. The van der Waals surface area contributed by atoms with Gasteiger partial charge in [0.2, 0.25) is 5.91 Å². The van der Waals surface area contributed by atoms with Crippen LogP contribution in [0, 0.1) is 12.8 Å². The molecule has 21 heavy (non-hydrogen) atoms. The van der Waals surface area contributed by atoms with Gasteiger partial charge in [0.15, 0.2) is 0 Å². The summed E-state index contributed by atoms with van der Waals surface area (Å²) in [5.74, 6) is 0.0771. The highest BCUT2D eigenvalue weighted by atomic mass is 16.6.